The maximum absolute atomic E-state index is 9.14. The first-order valence-electron chi connectivity index (χ1n) is 6.23. The monoisotopic (exact) mass is 450 g/mol. The standard InChI is InChI=1S/C12H21O3.ClH.Hg/c1-9(7-13)4-3-5-12(15-2)11-6-10(11)8-14;;/h3-4,9-14H,1,5-8H2,2H3;1H;/q;;+1/p-1/b4-3+;;/t9-,10+,11-,12-;;/m1../s1. The summed E-state index contributed by atoms with van der Waals surface area (Å²) < 4.78 is 6.47. The van der Waals surface area contributed by atoms with E-state index in [1.165, 1.54) is 0 Å². The minimum absolute atomic E-state index is 0.198. The van der Waals surface area contributed by atoms with E-state index in [1.54, 1.807) is 7.11 Å². The van der Waals surface area contributed by atoms with Gasteiger partial charge in [-0.3, -0.25) is 0 Å². The van der Waals surface area contributed by atoms with Crippen LogP contribution in [0.5, 0.6) is 0 Å². The molecule has 0 aliphatic heterocycles. The Kier molecular flexibility index (Phi) is 8.29. The molecule has 2 N–H and O–H groups in total. The van der Waals surface area contributed by atoms with Crippen LogP contribution in [0.25, 0.3) is 0 Å². The number of aliphatic hydroxyl groups is 2. The number of halogens is 1. The number of rotatable bonds is 9. The molecule has 1 aliphatic carbocycles. The fourth-order valence-electron chi connectivity index (χ4n) is 2.18. The summed E-state index contributed by atoms with van der Waals surface area (Å²) in [5, 5.41) is 18.2. The van der Waals surface area contributed by atoms with E-state index in [1.807, 2.05) is 0 Å². The number of hydrogen-bond donors (Lipinski definition) is 2. The molecule has 1 rings (SSSR count). The Morgan fingerprint density at radius 1 is 1.53 bits per heavy atom. The average Bonchev–Trinajstić information content (AvgIpc) is 3.12. The molecule has 4 atom stereocenters. The predicted octanol–water partition coefficient (Wildman–Crippen LogP) is 1.84. The summed E-state index contributed by atoms with van der Waals surface area (Å²) in [7, 11) is 7.59. The molecule has 0 bridgehead atoms. The van der Waals surface area contributed by atoms with Crippen molar-refractivity contribution in [1.29, 1.82) is 0 Å². The van der Waals surface area contributed by atoms with Crippen LogP contribution in [-0.2, 0) is 28.1 Å². The summed E-state index contributed by atoms with van der Waals surface area (Å²) in [5.41, 5.74) is 0. The third-order valence-corrected chi connectivity index (χ3v) is 9.13. The molecule has 0 saturated heterocycles. The quantitative estimate of drug-likeness (QED) is 0.417. The molecule has 0 aromatic rings. The summed E-state index contributed by atoms with van der Waals surface area (Å²) >= 11 is -1.17. The normalized spacial score (nSPS) is 26.8. The van der Waals surface area contributed by atoms with Crippen molar-refractivity contribution in [2.24, 2.45) is 17.8 Å². The van der Waals surface area contributed by atoms with Crippen LogP contribution >= 0.6 is 8.25 Å². The van der Waals surface area contributed by atoms with Crippen LogP contribution < -0.4 is 0 Å². The van der Waals surface area contributed by atoms with E-state index in [0.717, 1.165) is 16.8 Å². The molecule has 17 heavy (non-hydrogen) atoms. The van der Waals surface area contributed by atoms with Crippen molar-refractivity contribution in [3.63, 3.8) is 0 Å². The average molecular weight is 449 g/mol. The first-order valence-corrected chi connectivity index (χ1v) is 16.9. The molecule has 1 fully saturated rings. The Morgan fingerprint density at radius 3 is 2.76 bits per heavy atom. The molecular formula is C12H21ClHgO3. The zero-order valence-electron chi connectivity index (χ0n) is 10.4. The second kappa shape index (κ2) is 8.86. The van der Waals surface area contributed by atoms with Gasteiger partial charge in [0.2, 0.25) is 0 Å². The Balaban J connectivity index is 2.29. The van der Waals surface area contributed by atoms with Gasteiger partial charge in [0.1, 0.15) is 0 Å². The van der Waals surface area contributed by atoms with Crippen molar-refractivity contribution in [1.82, 2.24) is 0 Å². The first-order chi connectivity index (χ1) is 8.26. The van der Waals surface area contributed by atoms with Crippen LogP contribution in [0.2, 0.25) is 3.93 Å². The van der Waals surface area contributed by atoms with Gasteiger partial charge < -0.3 is 0 Å². The third-order valence-electron chi connectivity index (χ3n) is 3.48. The molecule has 0 aromatic carbocycles. The van der Waals surface area contributed by atoms with Gasteiger partial charge in [0.25, 0.3) is 0 Å². The van der Waals surface area contributed by atoms with E-state index < -0.39 is 23.3 Å². The van der Waals surface area contributed by atoms with Crippen LogP contribution in [0, 0.1) is 17.8 Å². The molecule has 96 valence electrons. The van der Waals surface area contributed by atoms with Crippen molar-refractivity contribution in [2.45, 2.75) is 22.9 Å². The van der Waals surface area contributed by atoms with Crippen LogP contribution in [0.4, 0.5) is 0 Å². The summed E-state index contributed by atoms with van der Waals surface area (Å²) in [6, 6.07) is 0. The van der Waals surface area contributed by atoms with Gasteiger partial charge in [-0.25, -0.2) is 0 Å². The summed E-state index contributed by atoms with van der Waals surface area (Å²) in [4.78, 5) is 0. The molecule has 0 amide bonds. The molecule has 3 nitrogen and oxygen atoms in total. The van der Waals surface area contributed by atoms with Gasteiger partial charge in [-0.2, -0.15) is 0 Å². The molecule has 1 saturated carbocycles. The van der Waals surface area contributed by atoms with E-state index in [4.69, 9.17) is 23.2 Å². The molecule has 1 aliphatic rings. The van der Waals surface area contributed by atoms with E-state index in [9.17, 15) is 0 Å². The Morgan fingerprint density at radius 2 is 2.29 bits per heavy atom. The van der Waals surface area contributed by atoms with Crippen LogP contribution in [0.3, 0.4) is 0 Å². The molecule has 0 heterocycles. The number of methoxy groups -OCH3 is 1. The Bertz CT molecular complexity index is 238. The van der Waals surface area contributed by atoms with Gasteiger partial charge >= 0.3 is 120 Å². The summed E-state index contributed by atoms with van der Waals surface area (Å²) in [5.74, 6) is 1.19. The van der Waals surface area contributed by atoms with Gasteiger partial charge in [-0.1, -0.05) is 0 Å². The van der Waals surface area contributed by atoms with Gasteiger partial charge in [-0.05, 0) is 0 Å². The third kappa shape index (κ3) is 5.56. The molecule has 0 aromatic heterocycles. The fourth-order valence-corrected chi connectivity index (χ4v) is 7.18. The zero-order chi connectivity index (χ0) is 12.7. The minimum atomic E-state index is -1.17. The predicted molar refractivity (Wildman–Crippen MR) is 64.5 cm³/mol. The van der Waals surface area contributed by atoms with E-state index in [0.29, 0.717) is 11.8 Å². The van der Waals surface area contributed by atoms with Crippen LogP contribution in [0.1, 0.15) is 12.8 Å². The molecule has 0 radical (unpaired) electrons. The van der Waals surface area contributed by atoms with Gasteiger partial charge in [0.05, 0.1) is 0 Å². The first kappa shape index (κ1) is 15.9. The fraction of sp³-hybridized carbons (Fsp3) is 0.833. The molecular weight excluding hydrogens is 428 g/mol. The molecule has 5 heteroatoms. The van der Waals surface area contributed by atoms with E-state index >= 15 is 0 Å². The van der Waals surface area contributed by atoms with E-state index in [-0.39, 0.29) is 25.2 Å². The Labute approximate surface area is 119 Å². The SMILES string of the molecule is CO[C@H](C/C=C/[C@H](CO)[CH2][Hg][Cl])[C@@H]1C[C@H]1CO. The second-order valence-corrected chi connectivity index (χ2v) is 11.7. The second-order valence-electron chi connectivity index (χ2n) is 4.70. The van der Waals surface area contributed by atoms with Crippen molar-refractivity contribution in [3.8, 4) is 0 Å². The van der Waals surface area contributed by atoms with E-state index in [2.05, 4.69) is 12.2 Å². The zero-order valence-corrected chi connectivity index (χ0v) is 16.6. The van der Waals surface area contributed by atoms with Crippen molar-refractivity contribution in [3.05, 3.63) is 12.2 Å². The van der Waals surface area contributed by atoms with Crippen LogP contribution in [-0.4, -0.2) is 36.6 Å². The van der Waals surface area contributed by atoms with Crippen molar-refractivity contribution in [2.75, 3.05) is 20.3 Å². The van der Waals surface area contributed by atoms with Crippen molar-refractivity contribution < 1.29 is 38.3 Å². The van der Waals surface area contributed by atoms with Crippen LogP contribution in [0.15, 0.2) is 12.2 Å². The molecule has 0 spiro atoms. The number of aliphatic hydroxyl groups excluding tert-OH is 2. The maximum atomic E-state index is 9.14. The summed E-state index contributed by atoms with van der Waals surface area (Å²) in [6.45, 7) is 0.471. The molecule has 0 unspecified atom stereocenters. The summed E-state index contributed by atoms with van der Waals surface area (Å²) in [6.07, 6.45) is 6.33. The van der Waals surface area contributed by atoms with Gasteiger partial charge in [0.15, 0.2) is 0 Å². The Hall–Kier alpha value is 0.845. The number of hydrogen-bond acceptors (Lipinski definition) is 3. The van der Waals surface area contributed by atoms with Crippen molar-refractivity contribution >= 4 is 8.25 Å². The van der Waals surface area contributed by atoms with Gasteiger partial charge in [-0.15, -0.1) is 0 Å². The van der Waals surface area contributed by atoms with Gasteiger partial charge in [0, 0.05) is 0 Å². The number of ether oxygens (including phenoxy) is 1. The topological polar surface area (TPSA) is 49.7 Å².